The molecular weight excluding hydrogens is 555 g/mol. The molecule has 4 unspecified atom stereocenters. The number of rotatable bonds is 10. The molecule has 41 heavy (non-hydrogen) atoms. The van der Waals surface area contributed by atoms with Gasteiger partial charge in [-0.2, -0.15) is 0 Å². The number of benzene rings is 3. The van der Waals surface area contributed by atoms with Crippen molar-refractivity contribution in [3.05, 3.63) is 93.0 Å². The minimum absolute atomic E-state index is 0.109. The molecule has 3 aromatic carbocycles. The Morgan fingerprint density at radius 2 is 1.59 bits per heavy atom. The van der Waals surface area contributed by atoms with Crippen LogP contribution in [0.3, 0.4) is 0 Å². The van der Waals surface area contributed by atoms with E-state index in [1.807, 2.05) is 12.1 Å². The van der Waals surface area contributed by atoms with Crippen molar-refractivity contribution in [2.75, 3.05) is 19.8 Å². The predicted molar refractivity (Wildman–Crippen MR) is 164 cm³/mol. The van der Waals surface area contributed by atoms with Crippen molar-refractivity contribution in [2.45, 2.75) is 58.2 Å². The second-order valence-corrected chi connectivity index (χ2v) is 12.6. The molecule has 0 bridgehead atoms. The first-order chi connectivity index (χ1) is 19.9. The largest absolute Gasteiger partial charge is 0.490 e. The standard InChI is InChI=1S/C34H38Cl2N2O3/c1-21-5-3-6-24(22(21)2)20-38(25-11-12-25)34(39)28-16-15-27-29(28)19-37-32(27)23-9-13-26(14-10-23)40-17-18-41-33-30(35)7-4-8-31(33)36/h3-10,13-14,25,27-29,32,37H,11-12,15-20H2,1-2H3. The first-order valence-electron chi connectivity index (χ1n) is 14.8. The predicted octanol–water partition coefficient (Wildman–Crippen LogP) is 7.55. The molecular formula is C34H38Cl2N2O3. The van der Waals surface area contributed by atoms with E-state index in [1.165, 1.54) is 22.3 Å². The zero-order valence-corrected chi connectivity index (χ0v) is 25.3. The van der Waals surface area contributed by atoms with Crippen LogP contribution in [0.2, 0.25) is 10.0 Å². The molecule has 3 aliphatic rings. The van der Waals surface area contributed by atoms with Crippen LogP contribution >= 0.6 is 23.2 Å². The third-order valence-electron chi connectivity index (χ3n) is 9.28. The third kappa shape index (κ3) is 6.09. The van der Waals surface area contributed by atoms with E-state index in [-0.39, 0.29) is 12.0 Å². The average molecular weight is 594 g/mol. The van der Waals surface area contributed by atoms with E-state index in [4.69, 9.17) is 32.7 Å². The lowest BCUT2D eigenvalue weighted by molar-refractivity contribution is -0.138. The molecule has 6 rings (SSSR count). The van der Waals surface area contributed by atoms with Gasteiger partial charge in [0.05, 0.1) is 10.0 Å². The van der Waals surface area contributed by atoms with Crippen LogP contribution in [0.25, 0.3) is 0 Å². The molecule has 1 heterocycles. The molecule has 0 spiro atoms. The highest BCUT2D eigenvalue weighted by atomic mass is 35.5. The summed E-state index contributed by atoms with van der Waals surface area (Å²) in [7, 11) is 0. The SMILES string of the molecule is Cc1cccc(CN(C(=O)C2CCC3C(c4ccc(OCCOc5c(Cl)cccc5Cl)cc4)NCC23)C2CC2)c1C. The van der Waals surface area contributed by atoms with Gasteiger partial charge in [0, 0.05) is 24.5 Å². The maximum absolute atomic E-state index is 14.0. The van der Waals surface area contributed by atoms with Gasteiger partial charge in [0.1, 0.15) is 19.0 Å². The van der Waals surface area contributed by atoms with Crippen molar-refractivity contribution < 1.29 is 14.3 Å². The van der Waals surface area contributed by atoms with E-state index in [2.05, 4.69) is 54.4 Å². The first kappa shape index (κ1) is 28.4. The number of fused-ring (bicyclic) bond motifs is 1. The Balaban J connectivity index is 1.04. The summed E-state index contributed by atoms with van der Waals surface area (Å²) in [6.45, 7) is 6.69. The van der Waals surface area contributed by atoms with Crippen molar-refractivity contribution in [3.63, 3.8) is 0 Å². The van der Waals surface area contributed by atoms with Gasteiger partial charge in [0.2, 0.25) is 5.91 Å². The minimum Gasteiger partial charge on any atom is -0.490 e. The van der Waals surface area contributed by atoms with Gasteiger partial charge in [-0.1, -0.05) is 59.6 Å². The summed E-state index contributed by atoms with van der Waals surface area (Å²) in [5.41, 5.74) is 5.14. The summed E-state index contributed by atoms with van der Waals surface area (Å²) >= 11 is 12.3. The maximum Gasteiger partial charge on any atom is 0.226 e. The Bertz CT molecular complexity index is 1370. The van der Waals surface area contributed by atoms with Gasteiger partial charge in [0.15, 0.2) is 5.75 Å². The summed E-state index contributed by atoms with van der Waals surface area (Å²) in [5, 5.41) is 4.73. The lowest BCUT2D eigenvalue weighted by Crippen LogP contribution is -2.40. The zero-order valence-electron chi connectivity index (χ0n) is 23.7. The van der Waals surface area contributed by atoms with Gasteiger partial charge in [-0.05, 0) is 104 Å². The zero-order chi connectivity index (χ0) is 28.5. The molecule has 1 amide bonds. The van der Waals surface area contributed by atoms with Crippen LogP contribution < -0.4 is 14.8 Å². The molecule has 0 aromatic heterocycles. The van der Waals surface area contributed by atoms with Crippen LogP contribution in [0.5, 0.6) is 11.5 Å². The number of para-hydroxylation sites is 1. The van der Waals surface area contributed by atoms with Crippen molar-refractivity contribution in [2.24, 2.45) is 17.8 Å². The second kappa shape index (κ2) is 12.2. The molecule has 2 aliphatic carbocycles. The van der Waals surface area contributed by atoms with E-state index < -0.39 is 0 Å². The fraction of sp³-hybridized carbons (Fsp3) is 0.441. The fourth-order valence-electron chi connectivity index (χ4n) is 6.74. The molecule has 4 atom stereocenters. The summed E-state index contributed by atoms with van der Waals surface area (Å²) in [6.07, 6.45) is 4.33. The second-order valence-electron chi connectivity index (χ2n) is 11.8. The molecule has 216 valence electrons. The summed E-state index contributed by atoms with van der Waals surface area (Å²) in [5.74, 6) is 2.62. The average Bonchev–Trinajstić information content (AvgIpc) is 3.59. The van der Waals surface area contributed by atoms with Gasteiger partial charge in [-0.25, -0.2) is 0 Å². The van der Waals surface area contributed by atoms with E-state index in [0.717, 1.165) is 44.5 Å². The number of carbonyl (C=O) groups is 1. The van der Waals surface area contributed by atoms with Gasteiger partial charge >= 0.3 is 0 Å². The number of amides is 1. The minimum atomic E-state index is 0.109. The molecule has 5 nitrogen and oxygen atoms in total. The molecule has 1 N–H and O–H groups in total. The van der Waals surface area contributed by atoms with Gasteiger partial charge in [0.25, 0.3) is 0 Å². The Labute approximate surface area is 253 Å². The molecule has 0 radical (unpaired) electrons. The van der Waals surface area contributed by atoms with Crippen LogP contribution in [0.1, 0.15) is 54.0 Å². The first-order valence-corrected chi connectivity index (χ1v) is 15.5. The molecule has 7 heteroatoms. The number of aryl methyl sites for hydroxylation is 1. The normalized spacial score (nSPS) is 23.3. The molecule has 1 saturated heterocycles. The van der Waals surface area contributed by atoms with Crippen LogP contribution in [0.15, 0.2) is 60.7 Å². The summed E-state index contributed by atoms with van der Waals surface area (Å²) in [4.78, 5) is 16.2. The Morgan fingerprint density at radius 1 is 0.878 bits per heavy atom. The van der Waals surface area contributed by atoms with Gasteiger partial charge < -0.3 is 19.7 Å². The van der Waals surface area contributed by atoms with Crippen LogP contribution in [-0.2, 0) is 11.3 Å². The Kier molecular flexibility index (Phi) is 8.48. The highest BCUT2D eigenvalue weighted by molar-refractivity contribution is 6.37. The molecule has 1 aliphatic heterocycles. The Hall–Kier alpha value is -2.73. The quantitative estimate of drug-likeness (QED) is 0.247. The fourth-order valence-corrected chi connectivity index (χ4v) is 7.25. The monoisotopic (exact) mass is 592 g/mol. The van der Waals surface area contributed by atoms with Crippen LogP contribution in [0.4, 0.5) is 0 Å². The number of hydrogen-bond acceptors (Lipinski definition) is 4. The number of hydrogen-bond donors (Lipinski definition) is 1. The Morgan fingerprint density at radius 3 is 2.32 bits per heavy atom. The number of nitrogens with zero attached hydrogens (tertiary/aromatic N) is 1. The smallest absolute Gasteiger partial charge is 0.226 e. The van der Waals surface area contributed by atoms with E-state index in [9.17, 15) is 4.79 Å². The summed E-state index contributed by atoms with van der Waals surface area (Å²) in [6, 6.07) is 20.8. The van der Waals surface area contributed by atoms with Crippen LogP contribution in [0, 0.1) is 31.6 Å². The highest BCUT2D eigenvalue weighted by Crippen LogP contribution is 2.49. The highest BCUT2D eigenvalue weighted by Gasteiger charge is 2.50. The molecule has 3 aromatic rings. The number of ether oxygens (including phenoxy) is 2. The van der Waals surface area contributed by atoms with E-state index >= 15 is 0 Å². The van der Waals surface area contributed by atoms with Crippen LogP contribution in [-0.4, -0.2) is 36.6 Å². The number of carbonyl (C=O) groups excluding carboxylic acids is 1. The molecule has 2 saturated carbocycles. The van der Waals surface area contributed by atoms with Gasteiger partial charge in [-0.3, -0.25) is 4.79 Å². The van der Waals surface area contributed by atoms with Crippen molar-refractivity contribution in [1.82, 2.24) is 10.2 Å². The lowest BCUT2D eigenvalue weighted by Gasteiger charge is -2.29. The topological polar surface area (TPSA) is 50.8 Å². The maximum atomic E-state index is 14.0. The van der Waals surface area contributed by atoms with Crippen molar-refractivity contribution >= 4 is 29.1 Å². The van der Waals surface area contributed by atoms with Crippen molar-refractivity contribution in [3.8, 4) is 11.5 Å². The number of nitrogens with one attached hydrogen (secondary N) is 1. The lowest BCUT2D eigenvalue weighted by atomic mass is 9.86. The van der Waals surface area contributed by atoms with Gasteiger partial charge in [-0.15, -0.1) is 0 Å². The number of halogens is 2. The molecule has 3 fully saturated rings. The van der Waals surface area contributed by atoms with E-state index in [0.29, 0.717) is 52.8 Å². The van der Waals surface area contributed by atoms with E-state index in [1.54, 1.807) is 18.2 Å². The van der Waals surface area contributed by atoms with Crippen molar-refractivity contribution in [1.29, 1.82) is 0 Å². The third-order valence-corrected chi connectivity index (χ3v) is 9.88. The summed E-state index contributed by atoms with van der Waals surface area (Å²) < 4.78 is 11.6.